The van der Waals surface area contributed by atoms with Crippen molar-refractivity contribution >= 4 is 11.5 Å². The van der Waals surface area contributed by atoms with Crippen LogP contribution >= 0.6 is 11.5 Å². The number of nitrogens with zero attached hydrogens (tertiary/aromatic N) is 3. The molecule has 0 saturated heterocycles. The highest BCUT2D eigenvalue weighted by Gasteiger charge is 2.13. The lowest BCUT2D eigenvalue weighted by molar-refractivity contribution is 0.553. The summed E-state index contributed by atoms with van der Waals surface area (Å²) in [4.78, 5) is 5.26. The van der Waals surface area contributed by atoms with Gasteiger partial charge in [-0.15, -0.1) is 5.10 Å². The van der Waals surface area contributed by atoms with E-state index in [9.17, 15) is 0 Å². The molecule has 1 atom stereocenters. The molecule has 0 aliphatic heterocycles. The third-order valence-electron chi connectivity index (χ3n) is 2.06. The van der Waals surface area contributed by atoms with E-state index in [1.54, 1.807) is 12.4 Å². The topological polar surface area (TPSA) is 76.7 Å². The molecule has 5 nitrogen and oxygen atoms in total. The SMILES string of the molecule is NNC(Cc1ccccn1)c1cnns1. The number of nitrogens with one attached hydrogen (secondary N) is 1. The van der Waals surface area contributed by atoms with Gasteiger partial charge in [0.15, 0.2) is 0 Å². The second kappa shape index (κ2) is 4.92. The van der Waals surface area contributed by atoms with E-state index < -0.39 is 0 Å². The average Bonchev–Trinajstić information content (AvgIpc) is 2.81. The highest BCUT2D eigenvalue weighted by molar-refractivity contribution is 7.05. The van der Waals surface area contributed by atoms with E-state index in [1.807, 2.05) is 18.2 Å². The van der Waals surface area contributed by atoms with Crippen molar-refractivity contribution in [2.45, 2.75) is 12.5 Å². The van der Waals surface area contributed by atoms with Crippen LogP contribution in [0.2, 0.25) is 0 Å². The quantitative estimate of drug-likeness (QED) is 0.586. The fraction of sp³-hybridized carbons (Fsp3) is 0.222. The molecule has 2 aromatic heterocycles. The molecule has 0 amide bonds. The number of rotatable bonds is 4. The van der Waals surface area contributed by atoms with E-state index in [-0.39, 0.29) is 6.04 Å². The van der Waals surface area contributed by atoms with Crippen molar-refractivity contribution in [3.8, 4) is 0 Å². The molecule has 0 spiro atoms. The number of hydrazine groups is 1. The van der Waals surface area contributed by atoms with Gasteiger partial charge in [0.2, 0.25) is 0 Å². The maximum atomic E-state index is 5.49. The third-order valence-corrected chi connectivity index (χ3v) is 2.84. The van der Waals surface area contributed by atoms with Crippen molar-refractivity contribution < 1.29 is 0 Å². The lowest BCUT2D eigenvalue weighted by atomic mass is 10.1. The summed E-state index contributed by atoms with van der Waals surface area (Å²) in [5.74, 6) is 5.49. The van der Waals surface area contributed by atoms with Gasteiger partial charge < -0.3 is 0 Å². The molecule has 0 radical (unpaired) electrons. The van der Waals surface area contributed by atoms with Gasteiger partial charge in [0.05, 0.1) is 17.1 Å². The van der Waals surface area contributed by atoms with Crippen LogP contribution in [0.25, 0.3) is 0 Å². The monoisotopic (exact) mass is 221 g/mol. The molecule has 0 fully saturated rings. The van der Waals surface area contributed by atoms with E-state index in [1.165, 1.54) is 11.5 Å². The zero-order chi connectivity index (χ0) is 10.5. The van der Waals surface area contributed by atoms with Crippen LogP contribution in [0.4, 0.5) is 0 Å². The lowest BCUT2D eigenvalue weighted by Gasteiger charge is -2.11. The van der Waals surface area contributed by atoms with Gasteiger partial charge in [0.25, 0.3) is 0 Å². The fourth-order valence-electron chi connectivity index (χ4n) is 1.30. The maximum Gasteiger partial charge on any atom is 0.0670 e. The smallest absolute Gasteiger partial charge is 0.0670 e. The normalized spacial score (nSPS) is 12.6. The fourth-order valence-corrected chi connectivity index (χ4v) is 1.86. The van der Waals surface area contributed by atoms with Crippen molar-refractivity contribution in [2.24, 2.45) is 5.84 Å². The first-order valence-corrected chi connectivity index (χ1v) is 5.31. The largest absolute Gasteiger partial charge is 0.271 e. The number of pyridine rings is 1. The molecule has 0 saturated carbocycles. The summed E-state index contributed by atoms with van der Waals surface area (Å²) in [6.07, 6.45) is 4.23. The Morgan fingerprint density at radius 3 is 3.00 bits per heavy atom. The minimum Gasteiger partial charge on any atom is -0.271 e. The molecule has 3 N–H and O–H groups in total. The Balaban J connectivity index is 2.10. The predicted molar refractivity (Wildman–Crippen MR) is 57.9 cm³/mol. The Morgan fingerprint density at radius 2 is 2.40 bits per heavy atom. The van der Waals surface area contributed by atoms with Crippen LogP contribution < -0.4 is 11.3 Å². The van der Waals surface area contributed by atoms with Crippen LogP contribution in [0.5, 0.6) is 0 Å². The molecule has 15 heavy (non-hydrogen) atoms. The van der Waals surface area contributed by atoms with Crippen molar-refractivity contribution in [3.05, 3.63) is 41.2 Å². The Kier molecular flexibility index (Phi) is 3.33. The van der Waals surface area contributed by atoms with Crippen LogP contribution in [0, 0.1) is 0 Å². The van der Waals surface area contributed by atoms with E-state index in [0.29, 0.717) is 0 Å². The number of aromatic nitrogens is 3. The van der Waals surface area contributed by atoms with Crippen LogP contribution in [-0.2, 0) is 6.42 Å². The van der Waals surface area contributed by atoms with Crippen LogP contribution in [0.15, 0.2) is 30.6 Å². The maximum absolute atomic E-state index is 5.49. The molecule has 0 bridgehead atoms. The number of hydrogen-bond acceptors (Lipinski definition) is 6. The zero-order valence-corrected chi connectivity index (χ0v) is 8.81. The molecular weight excluding hydrogens is 210 g/mol. The average molecular weight is 221 g/mol. The highest BCUT2D eigenvalue weighted by Crippen LogP contribution is 2.18. The van der Waals surface area contributed by atoms with E-state index >= 15 is 0 Å². The highest BCUT2D eigenvalue weighted by atomic mass is 32.1. The summed E-state index contributed by atoms with van der Waals surface area (Å²) in [6.45, 7) is 0. The molecule has 78 valence electrons. The number of nitrogens with two attached hydrogens (primary N) is 1. The van der Waals surface area contributed by atoms with Crippen LogP contribution in [0.3, 0.4) is 0 Å². The molecule has 2 aromatic rings. The van der Waals surface area contributed by atoms with Crippen LogP contribution in [0.1, 0.15) is 16.6 Å². The minimum absolute atomic E-state index is 0.0277. The van der Waals surface area contributed by atoms with Crippen molar-refractivity contribution in [1.29, 1.82) is 0 Å². The van der Waals surface area contributed by atoms with Gasteiger partial charge in [-0.25, -0.2) is 0 Å². The second-order valence-electron chi connectivity index (χ2n) is 3.06. The molecule has 1 unspecified atom stereocenters. The predicted octanol–water partition coefficient (Wildman–Crippen LogP) is 0.680. The summed E-state index contributed by atoms with van der Waals surface area (Å²) in [7, 11) is 0. The van der Waals surface area contributed by atoms with Gasteiger partial charge in [-0.3, -0.25) is 16.3 Å². The summed E-state index contributed by atoms with van der Waals surface area (Å²) in [6, 6.07) is 5.85. The van der Waals surface area contributed by atoms with Gasteiger partial charge in [-0.2, -0.15) is 0 Å². The Bertz CT molecular complexity index is 388. The Hall–Kier alpha value is -1.37. The van der Waals surface area contributed by atoms with Crippen molar-refractivity contribution in [2.75, 3.05) is 0 Å². The van der Waals surface area contributed by atoms with E-state index in [2.05, 4.69) is 20.0 Å². The van der Waals surface area contributed by atoms with E-state index in [0.717, 1.165) is 17.0 Å². The molecule has 2 heterocycles. The van der Waals surface area contributed by atoms with Crippen LogP contribution in [-0.4, -0.2) is 14.6 Å². The van der Waals surface area contributed by atoms with Gasteiger partial charge in [-0.05, 0) is 23.7 Å². The van der Waals surface area contributed by atoms with Gasteiger partial charge in [0.1, 0.15) is 0 Å². The first kappa shape index (κ1) is 10.2. The Labute approximate surface area is 91.5 Å². The van der Waals surface area contributed by atoms with Crippen molar-refractivity contribution in [3.63, 3.8) is 0 Å². The zero-order valence-electron chi connectivity index (χ0n) is 8.00. The third kappa shape index (κ3) is 2.56. The van der Waals surface area contributed by atoms with Gasteiger partial charge in [0, 0.05) is 18.3 Å². The van der Waals surface area contributed by atoms with E-state index in [4.69, 9.17) is 5.84 Å². The van der Waals surface area contributed by atoms with Gasteiger partial charge in [-0.1, -0.05) is 10.6 Å². The lowest BCUT2D eigenvalue weighted by Crippen LogP contribution is -2.29. The molecular formula is C9H11N5S. The first-order valence-electron chi connectivity index (χ1n) is 4.53. The van der Waals surface area contributed by atoms with Crippen molar-refractivity contribution in [1.82, 2.24) is 20.0 Å². The molecule has 0 aromatic carbocycles. The summed E-state index contributed by atoms with van der Waals surface area (Å²) in [5.41, 5.74) is 3.74. The number of hydrogen-bond donors (Lipinski definition) is 2. The first-order chi connectivity index (χ1) is 7.40. The standard InChI is InChI=1S/C9H11N5S/c10-13-8(9-6-12-14-15-9)5-7-3-1-2-4-11-7/h1-4,6,8,13H,5,10H2. The second-order valence-corrected chi connectivity index (χ2v) is 3.88. The summed E-state index contributed by atoms with van der Waals surface area (Å²) < 4.78 is 3.81. The van der Waals surface area contributed by atoms with Gasteiger partial charge >= 0.3 is 0 Å². The summed E-state index contributed by atoms with van der Waals surface area (Å²) >= 11 is 1.34. The molecule has 2 rings (SSSR count). The minimum atomic E-state index is 0.0277. The molecule has 6 heteroatoms. The molecule has 0 aliphatic rings. The molecule has 0 aliphatic carbocycles. The Morgan fingerprint density at radius 1 is 1.47 bits per heavy atom. The summed E-state index contributed by atoms with van der Waals surface area (Å²) in [5, 5.41) is 3.79.